The average Bonchev–Trinajstić information content (AvgIpc) is 2.29. The SMILES string of the molecule is CC(CCCC(=O)O)Nc1ccc(C(N)=O)cc1. The van der Waals surface area contributed by atoms with Crippen molar-refractivity contribution in [2.45, 2.75) is 32.2 Å². The van der Waals surface area contributed by atoms with Gasteiger partial charge in [-0.05, 0) is 44.0 Å². The van der Waals surface area contributed by atoms with Gasteiger partial charge >= 0.3 is 5.97 Å². The maximum absolute atomic E-state index is 10.9. The van der Waals surface area contributed by atoms with Crippen LogP contribution in [0.25, 0.3) is 0 Å². The van der Waals surface area contributed by atoms with Crippen molar-refractivity contribution in [2.75, 3.05) is 5.32 Å². The highest BCUT2D eigenvalue weighted by molar-refractivity contribution is 5.93. The summed E-state index contributed by atoms with van der Waals surface area (Å²) in [7, 11) is 0. The van der Waals surface area contributed by atoms with E-state index >= 15 is 0 Å². The number of carbonyl (C=O) groups excluding carboxylic acids is 1. The van der Waals surface area contributed by atoms with Crippen LogP contribution in [0.4, 0.5) is 5.69 Å². The van der Waals surface area contributed by atoms with E-state index in [0.717, 1.165) is 12.1 Å². The molecule has 0 fully saturated rings. The van der Waals surface area contributed by atoms with E-state index in [9.17, 15) is 9.59 Å². The molecule has 1 unspecified atom stereocenters. The molecule has 0 bridgehead atoms. The lowest BCUT2D eigenvalue weighted by Gasteiger charge is -2.14. The fourth-order valence-electron chi connectivity index (χ4n) is 1.65. The van der Waals surface area contributed by atoms with Crippen LogP contribution in [0.15, 0.2) is 24.3 Å². The molecule has 1 aromatic carbocycles. The van der Waals surface area contributed by atoms with Crippen molar-refractivity contribution in [3.63, 3.8) is 0 Å². The Morgan fingerprint density at radius 1 is 1.33 bits per heavy atom. The van der Waals surface area contributed by atoms with Gasteiger partial charge in [-0.25, -0.2) is 0 Å². The van der Waals surface area contributed by atoms with Crippen molar-refractivity contribution in [3.8, 4) is 0 Å². The van der Waals surface area contributed by atoms with Crippen LogP contribution in [0.2, 0.25) is 0 Å². The van der Waals surface area contributed by atoms with Crippen LogP contribution in [-0.2, 0) is 4.79 Å². The number of nitrogens with two attached hydrogens (primary N) is 1. The van der Waals surface area contributed by atoms with Crippen molar-refractivity contribution in [2.24, 2.45) is 5.73 Å². The fourth-order valence-corrected chi connectivity index (χ4v) is 1.65. The van der Waals surface area contributed by atoms with E-state index < -0.39 is 11.9 Å². The van der Waals surface area contributed by atoms with Gasteiger partial charge in [-0.3, -0.25) is 9.59 Å². The maximum atomic E-state index is 10.9. The van der Waals surface area contributed by atoms with Gasteiger partial charge in [-0.2, -0.15) is 0 Å². The van der Waals surface area contributed by atoms with Gasteiger partial charge in [0, 0.05) is 23.7 Å². The number of carbonyl (C=O) groups is 2. The molecular formula is C13H18N2O3. The zero-order valence-corrected chi connectivity index (χ0v) is 10.3. The smallest absolute Gasteiger partial charge is 0.303 e. The van der Waals surface area contributed by atoms with Crippen LogP contribution in [-0.4, -0.2) is 23.0 Å². The van der Waals surface area contributed by atoms with Crippen LogP contribution in [0.5, 0.6) is 0 Å². The van der Waals surface area contributed by atoms with Crippen molar-refractivity contribution >= 4 is 17.6 Å². The molecule has 18 heavy (non-hydrogen) atoms. The number of rotatable bonds is 7. The number of nitrogens with one attached hydrogen (secondary N) is 1. The van der Waals surface area contributed by atoms with E-state index in [-0.39, 0.29) is 12.5 Å². The Hall–Kier alpha value is -2.04. The van der Waals surface area contributed by atoms with Gasteiger partial charge in [0.1, 0.15) is 0 Å². The van der Waals surface area contributed by atoms with Crippen LogP contribution >= 0.6 is 0 Å². The van der Waals surface area contributed by atoms with Gasteiger partial charge in [0.2, 0.25) is 5.91 Å². The summed E-state index contributed by atoms with van der Waals surface area (Å²) >= 11 is 0. The lowest BCUT2D eigenvalue weighted by molar-refractivity contribution is -0.137. The van der Waals surface area contributed by atoms with Gasteiger partial charge < -0.3 is 16.2 Å². The molecule has 0 aliphatic rings. The van der Waals surface area contributed by atoms with Crippen molar-refractivity contribution in [3.05, 3.63) is 29.8 Å². The first kappa shape index (κ1) is 14.0. The molecule has 5 heteroatoms. The second-order valence-corrected chi connectivity index (χ2v) is 4.27. The molecule has 0 heterocycles. The summed E-state index contributed by atoms with van der Waals surface area (Å²) in [5.41, 5.74) is 6.51. The quantitative estimate of drug-likeness (QED) is 0.688. The Morgan fingerprint density at radius 3 is 2.44 bits per heavy atom. The van der Waals surface area contributed by atoms with E-state index in [2.05, 4.69) is 5.32 Å². The number of primary amides is 1. The largest absolute Gasteiger partial charge is 0.481 e. The molecule has 0 saturated heterocycles. The van der Waals surface area contributed by atoms with E-state index in [1.165, 1.54) is 0 Å². The summed E-state index contributed by atoms with van der Waals surface area (Å²) in [6, 6.07) is 7.08. The van der Waals surface area contributed by atoms with Gasteiger partial charge in [-0.1, -0.05) is 0 Å². The zero-order valence-electron chi connectivity index (χ0n) is 10.3. The molecule has 1 aromatic rings. The number of hydrogen-bond donors (Lipinski definition) is 3. The molecule has 5 nitrogen and oxygen atoms in total. The number of hydrogen-bond acceptors (Lipinski definition) is 3. The molecule has 4 N–H and O–H groups in total. The normalized spacial score (nSPS) is 11.8. The molecule has 0 aliphatic heterocycles. The standard InChI is InChI=1S/C13H18N2O3/c1-9(3-2-4-12(16)17)15-11-7-5-10(6-8-11)13(14)18/h5-9,15H,2-4H2,1H3,(H2,14,18)(H,16,17). The number of anilines is 1. The summed E-state index contributed by atoms with van der Waals surface area (Å²) < 4.78 is 0. The van der Waals surface area contributed by atoms with Crippen LogP contribution in [0, 0.1) is 0 Å². The molecule has 1 rings (SSSR count). The van der Waals surface area contributed by atoms with Crippen molar-refractivity contribution < 1.29 is 14.7 Å². The molecule has 1 amide bonds. The monoisotopic (exact) mass is 250 g/mol. The average molecular weight is 250 g/mol. The van der Waals surface area contributed by atoms with Crippen molar-refractivity contribution in [1.82, 2.24) is 0 Å². The summed E-state index contributed by atoms with van der Waals surface area (Å²) in [5.74, 6) is -1.22. The minimum atomic E-state index is -0.770. The third kappa shape index (κ3) is 4.86. The number of benzene rings is 1. The fraction of sp³-hybridized carbons (Fsp3) is 0.385. The lowest BCUT2D eigenvalue weighted by atomic mass is 10.1. The molecule has 1 atom stereocenters. The van der Waals surface area contributed by atoms with E-state index in [4.69, 9.17) is 10.8 Å². The Morgan fingerprint density at radius 2 is 1.94 bits per heavy atom. The first-order valence-corrected chi connectivity index (χ1v) is 5.87. The minimum absolute atomic E-state index is 0.184. The number of carboxylic acids is 1. The maximum Gasteiger partial charge on any atom is 0.303 e. The third-order valence-corrected chi connectivity index (χ3v) is 2.61. The molecule has 0 radical (unpaired) electrons. The first-order chi connectivity index (χ1) is 8.49. The predicted molar refractivity (Wildman–Crippen MR) is 69.5 cm³/mol. The summed E-state index contributed by atoms with van der Waals surface area (Å²) in [5, 5.41) is 11.8. The van der Waals surface area contributed by atoms with Gasteiger partial charge in [-0.15, -0.1) is 0 Å². The summed E-state index contributed by atoms with van der Waals surface area (Å²) in [6.07, 6.45) is 1.61. The van der Waals surface area contributed by atoms with Crippen LogP contribution in [0.3, 0.4) is 0 Å². The lowest BCUT2D eigenvalue weighted by Crippen LogP contribution is -2.16. The highest BCUT2D eigenvalue weighted by atomic mass is 16.4. The molecular weight excluding hydrogens is 232 g/mol. The molecule has 0 aromatic heterocycles. The van der Waals surface area contributed by atoms with Gasteiger partial charge in [0.15, 0.2) is 0 Å². The highest BCUT2D eigenvalue weighted by Crippen LogP contribution is 2.12. The topological polar surface area (TPSA) is 92.4 Å². The predicted octanol–water partition coefficient (Wildman–Crippen LogP) is 1.84. The third-order valence-electron chi connectivity index (χ3n) is 2.61. The Labute approximate surface area is 106 Å². The number of carboxylic acid groups (broad SMARTS) is 1. The van der Waals surface area contributed by atoms with Gasteiger partial charge in [0.05, 0.1) is 0 Å². The molecule has 0 spiro atoms. The van der Waals surface area contributed by atoms with Crippen molar-refractivity contribution in [1.29, 1.82) is 0 Å². The summed E-state index contributed by atoms with van der Waals surface area (Å²) in [4.78, 5) is 21.3. The number of amides is 1. The van der Waals surface area contributed by atoms with E-state index in [1.807, 2.05) is 6.92 Å². The van der Waals surface area contributed by atoms with E-state index in [1.54, 1.807) is 24.3 Å². The Balaban J connectivity index is 2.41. The molecule has 0 aliphatic carbocycles. The Kier molecular flexibility index (Phi) is 5.17. The van der Waals surface area contributed by atoms with E-state index in [0.29, 0.717) is 12.0 Å². The molecule has 0 saturated carbocycles. The van der Waals surface area contributed by atoms with Crippen LogP contribution in [0.1, 0.15) is 36.5 Å². The van der Waals surface area contributed by atoms with Crippen LogP contribution < -0.4 is 11.1 Å². The molecule has 98 valence electrons. The van der Waals surface area contributed by atoms with Gasteiger partial charge in [0.25, 0.3) is 0 Å². The second kappa shape index (κ2) is 6.64. The number of aliphatic carboxylic acids is 1. The Bertz CT molecular complexity index is 415. The summed E-state index contributed by atoms with van der Waals surface area (Å²) in [6.45, 7) is 1.99. The highest BCUT2D eigenvalue weighted by Gasteiger charge is 2.05. The first-order valence-electron chi connectivity index (χ1n) is 5.87. The second-order valence-electron chi connectivity index (χ2n) is 4.27. The minimum Gasteiger partial charge on any atom is -0.481 e. The zero-order chi connectivity index (χ0) is 13.5.